The highest BCUT2D eigenvalue weighted by Crippen LogP contribution is 2.36. The van der Waals surface area contributed by atoms with Gasteiger partial charge in [0.1, 0.15) is 29.9 Å². The second kappa shape index (κ2) is 36.8. The van der Waals surface area contributed by atoms with E-state index in [0.29, 0.717) is 65.3 Å². The van der Waals surface area contributed by atoms with Crippen LogP contribution in [-0.4, -0.2) is 120 Å². The van der Waals surface area contributed by atoms with Crippen LogP contribution in [0, 0.1) is 6.92 Å². The minimum Gasteiger partial charge on any atom is -0.478 e. The molecule has 0 fully saturated rings. The zero-order valence-electron chi connectivity index (χ0n) is 60.6. The lowest BCUT2D eigenvalue weighted by Gasteiger charge is -2.12. The lowest BCUT2D eigenvalue weighted by Crippen LogP contribution is -2.16. The van der Waals surface area contributed by atoms with E-state index in [1.54, 1.807) is 150 Å². The van der Waals surface area contributed by atoms with Gasteiger partial charge in [0.2, 0.25) is 29.1 Å². The van der Waals surface area contributed by atoms with Crippen molar-refractivity contribution >= 4 is 203 Å². The lowest BCUT2D eigenvalue weighted by atomic mass is 10.2. The molecule has 0 radical (unpaired) electrons. The number of sulfonamides is 5. The van der Waals surface area contributed by atoms with Crippen molar-refractivity contribution in [1.82, 2.24) is 49.8 Å². The monoisotopic (exact) mass is 1780 g/mol. The minimum atomic E-state index is -4.02. The second-order valence-electron chi connectivity index (χ2n) is 23.3. The van der Waals surface area contributed by atoms with E-state index < -0.39 is 50.1 Å². The Morgan fingerprint density at radius 3 is 1.03 bits per heavy atom. The molecule has 16 rings (SSSR count). The molecule has 5 N–H and O–H groups in total. The molecule has 0 saturated carbocycles. The number of methoxy groups -OCH3 is 4. The van der Waals surface area contributed by atoms with Gasteiger partial charge in [-0.05, 0) is 139 Å². The molecule has 0 aliphatic rings. The zero-order valence-corrected chi connectivity index (χ0v) is 69.4. The van der Waals surface area contributed by atoms with Gasteiger partial charge in [-0.15, -0.1) is 34.0 Å². The number of aryl methyl sites for hydroxylation is 1. The van der Waals surface area contributed by atoms with Crippen molar-refractivity contribution in [2.24, 2.45) is 0 Å². The molecule has 0 aliphatic heterocycles. The predicted molar refractivity (Wildman–Crippen MR) is 447 cm³/mol. The van der Waals surface area contributed by atoms with E-state index in [1.165, 1.54) is 77.2 Å². The van der Waals surface area contributed by atoms with Gasteiger partial charge in [0, 0.05) is 0 Å². The maximum absolute atomic E-state index is 12.6. The third-order valence-electron chi connectivity index (χ3n) is 15.4. The molecule has 0 spiro atoms. The van der Waals surface area contributed by atoms with Crippen LogP contribution in [0.25, 0.3) is 55.2 Å². The van der Waals surface area contributed by atoms with Gasteiger partial charge < -0.3 is 28.1 Å². The Labute approximate surface area is 690 Å². The van der Waals surface area contributed by atoms with E-state index in [0.717, 1.165) is 39.6 Å². The zero-order chi connectivity index (χ0) is 82.4. The molecule has 42 heteroatoms. The average molecular weight is 1780 g/mol. The van der Waals surface area contributed by atoms with Gasteiger partial charge in [-0.3, -0.25) is 23.6 Å². The summed E-state index contributed by atoms with van der Waals surface area (Å²) in [7, 11) is -13.4. The Balaban J connectivity index is 0.000000134. The number of halogens is 3. The predicted octanol–water partition coefficient (Wildman–Crippen LogP) is 15.8. The summed E-state index contributed by atoms with van der Waals surface area (Å²) in [5.74, 6) is 1.25. The Kier molecular flexibility index (Phi) is 26.5. The fourth-order valence-electron chi connectivity index (χ4n) is 10.0. The van der Waals surface area contributed by atoms with Crippen molar-refractivity contribution in [2.45, 2.75) is 35.9 Å². The topological polar surface area (TPSA) is 419 Å². The maximum atomic E-state index is 12.6. The second-order valence-corrected chi connectivity index (χ2v) is 36.8. The molecular weight excluding hydrogens is 1720 g/mol. The number of rotatable bonds is 22. The number of nitrogens with zero attached hydrogens (tertiary/aromatic N) is 10. The van der Waals surface area contributed by atoms with Gasteiger partial charge >= 0.3 is 0 Å². The molecular formula is C74H60Cl3N15O16S8. The van der Waals surface area contributed by atoms with E-state index in [9.17, 15) is 42.1 Å². The standard InChI is InChI=1S/C17H13N3O4S2.C16H15N3O3S.C15H11Cl2N3O3S.C13H10ClN3O3S2.C13H11N3O3S2/c21-26(22,15-8-4-10-25-15)20-16-17(24-11-12-5-3-9-23-12)19-14-7-2-1-6-13(14)18-16;1-11-7-9-12(10-8-11)23(20,21)19-15-16(22-2)18-14-6-4-3-5-13(14)17-15;1-23-15-14(18-10-6-2-3-7-11(10)19-15)20-24(21,22)12-8-4-5-9(16)13(12)17;1-20-13-12(15-8-4-2-3-5-9(8)16-13)17-22(18,19)11-7-6-10(14)21-11;1-19-13-12(14-9-5-2-3-6-10(9)15-13)16-21(17,18)11-7-4-8-20-11/h1-10H,11H2,(H,18,20);3-10H,1-2H3,(H,17,19);2-8H,1H3,(H,18,20);2-7H,1H3,(H,15,17);2-8H,1H3,(H,14,16). The van der Waals surface area contributed by atoms with E-state index >= 15 is 0 Å². The first kappa shape index (κ1) is 83.7. The van der Waals surface area contributed by atoms with Gasteiger partial charge in [0.05, 0.1) is 109 Å². The third kappa shape index (κ3) is 20.7. The number of furan rings is 1. The number of para-hydroxylation sites is 10. The molecule has 31 nitrogen and oxygen atoms in total. The first-order chi connectivity index (χ1) is 55.6. The largest absolute Gasteiger partial charge is 0.478 e. The normalized spacial score (nSPS) is 11.5. The highest BCUT2D eigenvalue weighted by Gasteiger charge is 2.27. The quantitative estimate of drug-likeness (QED) is 0.0421. The number of benzene rings is 7. The first-order valence-electron chi connectivity index (χ1n) is 33.2. The summed E-state index contributed by atoms with van der Waals surface area (Å²) < 4.78 is 169. The third-order valence-corrected chi connectivity index (χ3v) is 27.6. The van der Waals surface area contributed by atoms with Crippen molar-refractivity contribution in [1.29, 1.82) is 0 Å². The van der Waals surface area contributed by atoms with Crippen LogP contribution in [0.15, 0.2) is 256 Å². The van der Waals surface area contributed by atoms with E-state index in [2.05, 4.69) is 73.5 Å². The van der Waals surface area contributed by atoms with Gasteiger partial charge in [-0.25, -0.2) is 91.9 Å². The highest BCUT2D eigenvalue weighted by atomic mass is 35.5. The van der Waals surface area contributed by atoms with Gasteiger partial charge in [0.15, 0.2) is 0 Å². The number of hydrogen-bond acceptors (Lipinski definition) is 29. The smallest absolute Gasteiger partial charge is 0.272 e. The Bertz CT molecular complexity index is 6820. The van der Waals surface area contributed by atoms with Gasteiger partial charge in [-0.1, -0.05) is 131 Å². The van der Waals surface area contributed by atoms with E-state index in [-0.39, 0.29) is 97.6 Å². The number of hydrogen-bond donors (Lipinski definition) is 5. The number of fused-ring (bicyclic) bond motifs is 5. The SMILES string of the molecule is COc1nc2ccccc2nc1NS(=O)(=O)c1ccc(C)cc1.COc1nc2ccccc2nc1NS(=O)(=O)c1ccc(Cl)s1.COc1nc2ccccc2nc1NS(=O)(=O)c1cccc(Cl)c1Cl.COc1nc2ccccc2nc1NS(=O)(=O)c1cccs1.O=S(=O)(Nc1nc2ccccc2nc1OCc1ccco1)c1cccs1. The maximum Gasteiger partial charge on any atom is 0.272 e. The van der Waals surface area contributed by atoms with Crippen molar-refractivity contribution in [3.8, 4) is 29.4 Å². The summed E-state index contributed by atoms with van der Waals surface area (Å²) in [5.41, 5.74) is 6.83. The summed E-state index contributed by atoms with van der Waals surface area (Å²) in [6, 6.07) is 59.3. The molecule has 16 aromatic rings. The number of aromatic nitrogens is 10. The van der Waals surface area contributed by atoms with Gasteiger partial charge in [0.25, 0.3) is 79.5 Å². The van der Waals surface area contributed by atoms with Crippen molar-refractivity contribution in [3.05, 3.63) is 255 Å². The van der Waals surface area contributed by atoms with Crippen LogP contribution in [0.3, 0.4) is 0 Å². The molecule has 7 aromatic carbocycles. The van der Waals surface area contributed by atoms with Crippen molar-refractivity contribution < 1.29 is 70.2 Å². The summed E-state index contributed by atoms with van der Waals surface area (Å²) in [4.78, 5) is 42.8. The molecule has 596 valence electrons. The summed E-state index contributed by atoms with van der Waals surface area (Å²) in [6.07, 6.45) is 1.53. The van der Waals surface area contributed by atoms with Crippen molar-refractivity contribution in [3.63, 3.8) is 0 Å². The van der Waals surface area contributed by atoms with Crippen LogP contribution in [0.5, 0.6) is 29.4 Å². The Morgan fingerprint density at radius 2 is 0.690 bits per heavy atom. The number of ether oxygens (including phenoxy) is 5. The van der Waals surface area contributed by atoms with Crippen LogP contribution in [0.2, 0.25) is 14.4 Å². The van der Waals surface area contributed by atoms with Crippen molar-refractivity contribution in [2.75, 3.05) is 52.0 Å². The lowest BCUT2D eigenvalue weighted by molar-refractivity contribution is 0.262. The fourth-order valence-corrected chi connectivity index (χ4v) is 19.3. The molecule has 116 heavy (non-hydrogen) atoms. The Hall–Kier alpha value is -11.8. The molecule has 0 unspecified atom stereocenters. The fraction of sp³-hybridized carbons (Fsp3) is 0.0811. The molecule has 0 saturated heterocycles. The summed E-state index contributed by atoms with van der Waals surface area (Å²) in [5, 5.41) is 3.45. The number of thiophene rings is 3. The van der Waals surface area contributed by atoms with Crippen LogP contribution >= 0.6 is 68.8 Å². The molecule has 0 aliphatic carbocycles. The van der Waals surface area contributed by atoms with Crippen LogP contribution in [0.1, 0.15) is 11.3 Å². The molecule has 0 atom stereocenters. The van der Waals surface area contributed by atoms with Crippen LogP contribution in [-0.2, 0) is 56.7 Å². The van der Waals surface area contributed by atoms with Crippen LogP contribution < -0.4 is 47.3 Å². The summed E-state index contributed by atoms with van der Waals surface area (Å²) in [6.45, 7) is 2.00. The molecule has 9 heterocycles. The highest BCUT2D eigenvalue weighted by molar-refractivity contribution is 7.95. The number of anilines is 5. The van der Waals surface area contributed by atoms with E-state index in [4.69, 9.17) is 62.9 Å². The molecule has 0 amide bonds. The first-order valence-corrected chi connectivity index (χ1v) is 44.4. The molecule has 9 aromatic heterocycles. The molecule has 0 bridgehead atoms. The summed E-state index contributed by atoms with van der Waals surface area (Å²) >= 11 is 20.9. The van der Waals surface area contributed by atoms with E-state index in [1.807, 2.05) is 37.3 Å². The average Bonchev–Trinajstić information content (AvgIpc) is 0.993. The van der Waals surface area contributed by atoms with Gasteiger partial charge in [-0.2, -0.15) is 0 Å². The van der Waals surface area contributed by atoms with Crippen LogP contribution in [0.4, 0.5) is 29.1 Å². The Morgan fingerprint density at radius 1 is 0.345 bits per heavy atom. The number of nitrogens with one attached hydrogen (secondary N) is 5. The minimum absolute atomic E-state index is 0.0312.